The van der Waals surface area contributed by atoms with Crippen LogP contribution in [0, 0.1) is 0 Å². The molecule has 3 N–H and O–H groups in total. The molecule has 0 unspecified atom stereocenters. The molecule has 1 aromatic carbocycles. The number of nitrogens with one attached hydrogen (secondary N) is 3. The lowest BCUT2D eigenvalue weighted by Gasteiger charge is -2.21. The average molecular weight is 350 g/mol. The predicted octanol–water partition coefficient (Wildman–Crippen LogP) is 2.00. The summed E-state index contributed by atoms with van der Waals surface area (Å²) >= 11 is 0. The molecular formula is C18H30N4O3. The Morgan fingerprint density at radius 3 is 2.64 bits per heavy atom. The van der Waals surface area contributed by atoms with Crippen molar-refractivity contribution in [1.82, 2.24) is 10.6 Å². The molecule has 0 aliphatic rings. The van der Waals surface area contributed by atoms with Gasteiger partial charge in [-0.25, -0.2) is 0 Å². The van der Waals surface area contributed by atoms with Crippen LogP contribution in [0.1, 0.15) is 27.2 Å². The molecule has 0 heterocycles. The van der Waals surface area contributed by atoms with E-state index in [1.54, 1.807) is 14.2 Å². The summed E-state index contributed by atoms with van der Waals surface area (Å²) in [6.07, 6.45) is 0.834. The van der Waals surface area contributed by atoms with Gasteiger partial charge in [-0.05, 0) is 32.9 Å². The van der Waals surface area contributed by atoms with Crippen LogP contribution in [0.25, 0.3) is 0 Å². The summed E-state index contributed by atoms with van der Waals surface area (Å²) in [6, 6.07) is 7.58. The Hall–Kier alpha value is -2.28. The zero-order valence-electron chi connectivity index (χ0n) is 15.8. The van der Waals surface area contributed by atoms with E-state index >= 15 is 0 Å². The van der Waals surface area contributed by atoms with Gasteiger partial charge in [0.05, 0.1) is 13.2 Å². The van der Waals surface area contributed by atoms with Crippen LogP contribution in [0.15, 0.2) is 29.3 Å². The second-order valence-corrected chi connectivity index (χ2v) is 6.57. The minimum atomic E-state index is -0.260. The van der Waals surface area contributed by atoms with Crippen LogP contribution in [0.2, 0.25) is 0 Å². The normalized spacial score (nSPS) is 11.8. The summed E-state index contributed by atoms with van der Waals surface area (Å²) in [5.41, 5.74) is 0.568. The van der Waals surface area contributed by atoms with Gasteiger partial charge < -0.3 is 25.4 Å². The molecule has 0 atom stereocenters. The fraction of sp³-hybridized carbons (Fsp3) is 0.556. The highest BCUT2D eigenvalue weighted by atomic mass is 16.5. The third-order valence-electron chi connectivity index (χ3n) is 3.01. The summed E-state index contributed by atoms with van der Waals surface area (Å²) in [5, 5.41) is 9.02. The van der Waals surface area contributed by atoms with Crippen molar-refractivity contribution in [3.8, 4) is 5.75 Å². The van der Waals surface area contributed by atoms with Gasteiger partial charge in [-0.3, -0.25) is 9.79 Å². The van der Waals surface area contributed by atoms with Crippen molar-refractivity contribution in [3.05, 3.63) is 24.3 Å². The Morgan fingerprint density at radius 1 is 1.24 bits per heavy atom. The number of nitrogens with zero attached hydrogens (tertiary/aromatic N) is 1. The zero-order chi connectivity index (χ0) is 18.7. The molecule has 0 bridgehead atoms. The maximum absolute atomic E-state index is 11.9. The summed E-state index contributed by atoms with van der Waals surface area (Å²) < 4.78 is 10.7. The van der Waals surface area contributed by atoms with Crippen LogP contribution in [0.4, 0.5) is 5.69 Å². The topological polar surface area (TPSA) is 84.0 Å². The maximum atomic E-state index is 11.9. The Bertz CT molecular complexity index is 568. The molecule has 0 aromatic heterocycles. The first kappa shape index (κ1) is 20.8. The number of rotatable bonds is 8. The smallest absolute Gasteiger partial charge is 0.239 e. The summed E-state index contributed by atoms with van der Waals surface area (Å²) in [4.78, 5) is 16.0. The van der Waals surface area contributed by atoms with Gasteiger partial charge in [-0.15, -0.1) is 0 Å². The standard InChI is InChI=1S/C18H30N4O3/c1-18(2,3)22-16(23)13-20-17(19-4)21-14-8-6-9-15(12-14)25-11-7-10-24-5/h6,8-9,12H,7,10-11,13H2,1-5H3,(H,22,23)(H2,19,20,21). The van der Waals surface area contributed by atoms with Crippen LogP contribution in [0.5, 0.6) is 5.75 Å². The van der Waals surface area contributed by atoms with Gasteiger partial charge in [0.25, 0.3) is 0 Å². The number of amides is 1. The number of carbonyl (C=O) groups excluding carboxylic acids is 1. The van der Waals surface area contributed by atoms with Gasteiger partial charge in [0.1, 0.15) is 5.75 Å². The van der Waals surface area contributed by atoms with E-state index in [2.05, 4.69) is 20.9 Å². The van der Waals surface area contributed by atoms with Crippen molar-refractivity contribution in [2.24, 2.45) is 4.99 Å². The van der Waals surface area contributed by atoms with Crippen molar-refractivity contribution >= 4 is 17.6 Å². The maximum Gasteiger partial charge on any atom is 0.239 e. The van der Waals surface area contributed by atoms with E-state index in [0.29, 0.717) is 19.2 Å². The number of aliphatic imine (C=N–C) groups is 1. The molecule has 0 spiro atoms. The molecule has 7 heteroatoms. The number of hydrogen-bond acceptors (Lipinski definition) is 4. The first-order chi connectivity index (χ1) is 11.8. The molecule has 25 heavy (non-hydrogen) atoms. The lowest BCUT2D eigenvalue weighted by atomic mass is 10.1. The molecule has 7 nitrogen and oxygen atoms in total. The van der Waals surface area contributed by atoms with Crippen molar-refractivity contribution in [2.75, 3.05) is 39.2 Å². The molecule has 0 radical (unpaired) electrons. The molecular weight excluding hydrogens is 320 g/mol. The summed E-state index contributed by atoms with van der Waals surface area (Å²) in [5.74, 6) is 1.19. The summed E-state index contributed by atoms with van der Waals surface area (Å²) in [7, 11) is 3.33. The summed E-state index contributed by atoms with van der Waals surface area (Å²) in [6.45, 7) is 7.23. The van der Waals surface area contributed by atoms with Gasteiger partial charge >= 0.3 is 0 Å². The molecule has 0 saturated carbocycles. The molecule has 0 aliphatic heterocycles. The van der Waals surface area contributed by atoms with E-state index in [0.717, 1.165) is 17.9 Å². The van der Waals surface area contributed by atoms with Crippen LogP contribution >= 0.6 is 0 Å². The Morgan fingerprint density at radius 2 is 2.00 bits per heavy atom. The van der Waals surface area contributed by atoms with Crippen molar-refractivity contribution in [1.29, 1.82) is 0 Å². The van der Waals surface area contributed by atoms with E-state index in [1.165, 1.54) is 0 Å². The second kappa shape index (κ2) is 10.6. The Balaban J connectivity index is 2.50. The van der Waals surface area contributed by atoms with E-state index in [4.69, 9.17) is 9.47 Å². The fourth-order valence-corrected chi connectivity index (χ4v) is 2.00. The SMILES string of the molecule is CN=C(NCC(=O)NC(C)(C)C)Nc1cccc(OCCCOC)c1. The quantitative estimate of drug-likeness (QED) is 0.379. The molecule has 0 saturated heterocycles. The molecule has 1 amide bonds. The third-order valence-corrected chi connectivity index (χ3v) is 3.01. The zero-order valence-corrected chi connectivity index (χ0v) is 15.8. The monoisotopic (exact) mass is 350 g/mol. The highest BCUT2D eigenvalue weighted by Crippen LogP contribution is 2.17. The molecule has 0 aliphatic carbocycles. The van der Waals surface area contributed by atoms with E-state index in [9.17, 15) is 4.79 Å². The van der Waals surface area contributed by atoms with Gasteiger partial charge in [0.2, 0.25) is 5.91 Å². The van der Waals surface area contributed by atoms with Crippen LogP contribution in [0.3, 0.4) is 0 Å². The number of methoxy groups -OCH3 is 1. The third kappa shape index (κ3) is 9.56. The highest BCUT2D eigenvalue weighted by molar-refractivity contribution is 5.96. The first-order valence-electron chi connectivity index (χ1n) is 8.34. The van der Waals surface area contributed by atoms with Gasteiger partial charge in [-0.2, -0.15) is 0 Å². The lowest BCUT2D eigenvalue weighted by molar-refractivity contribution is -0.121. The number of ether oxygens (including phenoxy) is 2. The number of carbonyl (C=O) groups is 1. The predicted molar refractivity (Wildman–Crippen MR) is 101 cm³/mol. The fourth-order valence-electron chi connectivity index (χ4n) is 2.00. The van der Waals surface area contributed by atoms with E-state index in [-0.39, 0.29) is 18.0 Å². The van der Waals surface area contributed by atoms with Crippen molar-refractivity contribution in [2.45, 2.75) is 32.7 Å². The van der Waals surface area contributed by atoms with Crippen LogP contribution < -0.4 is 20.7 Å². The molecule has 0 fully saturated rings. The number of benzene rings is 1. The van der Waals surface area contributed by atoms with E-state index < -0.39 is 0 Å². The lowest BCUT2D eigenvalue weighted by Crippen LogP contribution is -2.46. The largest absolute Gasteiger partial charge is 0.493 e. The minimum absolute atomic E-state index is 0.0920. The highest BCUT2D eigenvalue weighted by Gasteiger charge is 2.13. The Labute approximate surface area is 150 Å². The second-order valence-electron chi connectivity index (χ2n) is 6.57. The number of anilines is 1. The van der Waals surface area contributed by atoms with Crippen molar-refractivity contribution in [3.63, 3.8) is 0 Å². The minimum Gasteiger partial charge on any atom is -0.493 e. The average Bonchev–Trinajstić information content (AvgIpc) is 2.54. The number of hydrogen-bond donors (Lipinski definition) is 3. The van der Waals surface area contributed by atoms with Crippen LogP contribution in [-0.4, -0.2) is 51.3 Å². The van der Waals surface area contributed by atoms with E-state index in [1.807, 2.05) is 45.0 Å². The molecule has 1 aromatic rings. The van der Waals surface area contributed by atoms with Crippen molar-refractivity contribution < 1.29 is 14.3 Å². The van der Waals surface area contributed by atoms with Gasteiger partial charge in [-0.1, -0.05) is 6.07 Å². The first-order valence-corrected chi connectivity index (χ1v) is 8.34. The molecule has 1 rings (SSSR count). The van der Waals surface area contributed by atoms with Gasteiger partial charge in [0, 0.05) is 44.5 Å². The van der Waals surface area contributed by atoms with Gasteiger partial charge in [0.15, 0.2) is 5.96 Å². The number of guanidine groups is 1. The Kier molecular flexibility index (Phi) is 8.77. The molecule has 140 valence electrons. The van der Waals surface area contributed by atoms with Crippen LogP contribution in [-0.2, 0) is 9.53 Å².